The van der Waals surface area contributed by atoms with E-state index in [1.54, 1.807) is 0 Å². The number of carboxylic acids is 1. The van der Waals surface area contributed by atoms with Crippen molar-refractivity contribution in [2.24, 2.45) is 5.92 Å². The van der Waals surface area contributed by atoms with Gasteiger partial charge in [0.1, 0.15) is 0 Å². The zero-order valence-corrected chi connectivity index (χ0v) is 12.5. The third-order valence-corrected chi connectivity index (χ3v) is 3.93. The quantitative estimate of drug-likeness (QED) is 0.570. The van der Waals surface area contributed by atoms with Crippen LogP contribution in [0.3, 0.4) is 0 Å². The van der Waals surface area contributed by atoms with Crippen molar-refractivity contribution in [3.05, 3.63) is 0 Å². The minimum absolute atomic E-state index is 0.0145. The fourth-order valence-electron chi connectivity index (χ4n) is 2.68. The monoisotopic (exact) mass is 284 g/mol. The van der Waals surface area contributed by atoms with E-state index in [9.17, 15) is 9.59 Å². The van der Waals surface area contributed by atoms with Crippen molar-refractivity contribution < 1.29 is 14.7 Å². The molecule has 0 bridgehead atoms. The van der Waals surface area contributed by atoms with E-state index in [1.165, 1.54) is 25.7 Å². The lowest BCUT2D eigenvalue weighted by Crippen LogP contribution is -2.41. The number of carbonyl (C=O) groups is 2. The summed E-state index contributed by atoms with van der Waals surface area (Å²) in [5.74, 6) is -1.04. The van der Waals surface area contributed by atoms with Crippen LogP contribution in [0, 0.1) is 5.92 Å². The maximum absolute atomic E-state index is 11.6. The van der Waals surface area contributed by atoms with Crippen LogP contribution in [0.4, 0.5) is 4.79 Å². The first-order valence-corrected chi connectivity index (χ1v) is 7.90. The second-order valence-electron chi connectivity index (χ2n) is 5.71. The smallest absolute Gasteiger partial charge is 0.315 e. The van der Waals surface area contributed by atoms with Gasteiger partial charge in [0.25, 0.3) is 0 Å². The molecule has 3 N–H and O–H groups in total. The summed E-state index contributed by atoms with van der Waals surface area (Å²) in [6.45, 7) is 2.90. The first-order chi connectivity index (χ1) is 9.63. The van der Waals surface area contributed by atoms with Crippen LogP contribution in [0.2, 0.25) is 0 Å². The van der Waals surface area contributed by atoms with Gasteiger partial charge in [-0.1, -0.05) is 39.0 Å². The number of urea groups is 1. The van der Waals surface area contributed by atoms with E-state index in [-0.39, 0.29) is 18.0 Å². The van der Waals surface area contributed by atoms with Crippen LogP contribution >= 0.6 is 0 Å². The van der Waals surface area contributed by atoms with Crippen LogP contribution in [-0.4, -0.2) is 29.7 Å². The molecule has 0 aromatic carbocycles. The summed E-state index contributed by atoms with van der Waals surface area (Å²) in [6.07, 6.45) is 9.21. The topological polar surface area (TPSA) is 78.4 Å². The molecule has 1 aliphatic rings. The summed E-state index contributed by atoms with van der Waals surface area (Å²) in [6, 6.07) is -0.143. The van der Waals surface area contributed by atoms with Crippen LogP contribution < -0.4 is 10.6 Å². The van der Waals surface area contributed by atoms with Gasteiger partial charge >= 0.3 is 12.0 Å². The van der Waals surface area contributed by atoms with Gasteiger partial charge < -0.3 is 15.7 Å². The average Bonchev–Trinajstić information content (AvgIpc) is 2.86. The summed E-state index contributed by atoms with van der Waals surface area (Å²) < 4.78 is 0. The third kappa shape index (κ3) is 6.78. The van der Waals surface area contributed by atoms with Crippen LogP contribution in [0.5, 0.6) is 0 Å². The minimum Gasteiger partial charge on any atom is -0.481 e. The SMILES string of the molecule is CCCCCCCCNC(=O)N[C@H]1CC[C@@H](C(=O)O)C1. The number of hydrogen-bond donors (Lipinski definition) is 3. The van der Waals surface area contributed by atoms with Crippen molar-refractivity contribution in [3.8, 4) is 0 Å². The fourth-order valence-corrected chi connectivity index (χ4v) is 2.68. The summed E-state index contributed by atoms with van der Waals surface area (Å²) in [5.41, 5.74) is 0. The van der Waals surface area contributed by atoms with Crippen molar-refractivity contribution >= 4 is 12.0 Å². The molecule has 1 saturated carbocycles. The van der Waals surface area contributed by atoms with Gasteiger partial charge in [-0.05, 0) is 25.7 Å². The molecular formula is C15H28N2O3. The molecule has 20 heavy (non-hydrogen) atoms. The van der Waals surface area contributed by atoms with Crippen LogP contribution in [0.25, 0.3) is 0 Å². The number of rotatable bonds is 9. The first-order valence-electron chi connectivity index (χ1n) is 7.90. The number of carbonyl (C=O) groups excluding carboxylic acids is 1. The Hall–Kier alpha value is -1.26. The van der Waals surface area contributed by atoms with Crippen molar-refractivity contribution in [2.75, 3.05) is 6.54 Å². The molecule has 0 saturated heterocycles. The second kappa shape index (κ2) is 9.61. The van der Waals surface area contributed by atoms with E-state index >= 15 is 0 Å². The van der Waals surface area contributed by atoms with Crippen molar-refractivity contribution in [1.82, 2.24) is 10.6 Å². The highest BCUT2D eigenvalue weighted by Crippen LogP contribution is 2.25. The number of unbranched alkanes of at least 4 members (excludes halogenated alkanes) is 5. The molecule has 0 radical (unpaired) electrons. The summed E-state index contributed by atoms with van der Waals surface area (Å²) in [4.78, 5) is 22.5. The molecule has 0 aromatic rings. The Labute approximate surface area is 121 Å². The Balaban J connectivity index is 2.00. The molecule has 5 nitrogen and oxygen atoms in total. The molecule has 5 heteroatoms. The van der Waals surface area contributed by atoms with Gasteiger partial charge in [0.2, 0.25) is 0 Å². The molecule has 1 aliphatic carbocycles. The molecule has 1 rings (SSSR count). The molecule has 116 valence electrons. The van der Waals surface area contributed by atoms with Gasteiger partial charge in [0.05, 0.1) is 5.92 Å². The summed E-state index contributed by atoms with van der Waals surface area (Å²) in [5, 5.41) is 14.6. The largest absolute Gasteiger partial charge is 0.481 e. The highest BCUT2D eigenvalue weighted by atomic mass is 16.4. The lowest BCUT2D eigenvalue weighted by Gasteiger charge is -2.13. The maximum atomic E-state index is 11.6. The molecule has 0 aliphatic heterocycles. The Morgan fingerprint density at radius 1 is 1.10 bits per heavy atom. The number of carboxylic acid groups (broad SMARTS) is 1. The van der Waals surface area contributed by atoms with E-state index in [0.29, 0.717) is 19.4 Å². The van der Waals surface area contributed by atoms with E-state index in [4.69, 9.17) is 5.11 Å². The first kappa shape index (κ1) is 16.8. The zero-order chi connectivity index (χ0) is 14.8. The minimum atomic E-state index is -0.748. The van der Waals surface area contributed by atoms with E-state index in [0.717, 1.165) is 19.3 Å². The van der Waals surface area contributed by atoms with Gasteiger partial charge in [-0.3, -0.25) is 4.79 Å². The van der Waals surface area contributed by atoms with E-state index < -0.39 is 5.97 Å². The maximum Gasteiger partial charge on any atom is 0.315 e. The number of aliphatic carboxylic acids is 1. The van der Waals surface area contributed by atoms with Crippen molar-refractivity contribution in [1.29, 1.82) is 0 Å². The Morgan fingerprint density at radius 2 is 1.80 bits per heavy atom. The van der Waals surface area contributed by atoms with Gasteiger partial charge in [0, 0.05) is 12.6 Å². The fraction of sp³-hybridized carbons (Fsp3) is 0.867. The average molecular weight is 284 g/mol. The molecule has 1 fully saturated rings. The molecule has 0 aromatic heterocycles. The van der Waals surface area contributed by atoms with Gasteiger partial charge in [-0.15, -0.1) is 0 Å². The van der Waals surface area contributed by atoms with Crippen LogP contribution in [-0.2, 0) is 4.79 Å². The lowest BCUT2D eigenvalue weighted by atomic mass is 10.1. The predicted molar refractivity (Wildman–Crippen MR) is 78.7 cm³/mol. The summed E-state index contributed by atoms with van der Waals surface area (Å²) in [7, 11) is 0. The molecule has 2 amide bonds. The third-order valence-electron chi connectivity index (χ3n) is 3.93. The highest BCUT2D eigenvalue weighted by Gasteiger charge is 2.30. The highest BCUT2D eigenvalue weighted by molar-refractivity contribution is 5.75. The number of amides is 2. The molecular weight excluding hydrogens is 256 g/mol. The van der Waals surface area contributed by atoms with Crippen LogP contribution in [0.1, 0.15) is 64.7 Å². The summed E-state index contributed by atoms with van der Waals surface area (Å²) >= 11 is 0. The lowest BCUT2D eigenvalue weighted by molar-refractivity contribution is -0.141. The van der Waals surface area contributed by atoms with E-state index in [2.05, 4.69) is 17.6 Å². The van der Waals surface area contributed by atoms with Gasteiger partial charge in [-0.25, -0.2) is 4.79 Å². The molecule has 0 spiro atoms. The van der Waals surface area contributed by atoms with Crippen molar-refractivity contribution in [2.45, 2.75) is 70.8 Å². The molecule has 0 heterocycles. The Bertz CT molecular complexity index is 307. The number of nitrogens with one attached hydrogen (secondary N) is 2. The van der Waals surface area contributed by atoms with Crippen LogP contribution in [0.15, 0.2) is 0 Å². The van der Waals surface area contributed by atoms with E-state index in [1.807, 2.05) is 0 Å². The van der Waals surface area contributed by atoms with Crippen molar-refractivity contribution in [3.63, 3.8) is 0 Å². The predicted octanol–water partition coefficient (Wildman–Crippen LogP) is 2.90. The number of hydrogen-bond acceptors (Lipinski definition) is 2. The Kier molecular flexibility index (Phi) is 8.07. The van der Waals surface area contributed by atoms with Gasteiger partial charge in [0.15, 0.2) is 0 Å². The molecule has 0 unspecified atom stereocenters. The second-order valence-corrected chi connectivity index (χ2v) is 5.71. The molecule has 2 atom stereocenters. The van der Waals surface area contributed by atoms with Gasteiger partial charge in [-0.2, -0.15) is 0 Å². The zero-order valence-electron chi connectivity index (χ0n) is 12.5. The standard InChI is InChI=1S/C15H28N2O3/c1-2-3-4-5-6-7-10-16-15(20)17-13-9-8-12(11-13)14(18)19/h12-13H,2-11H2,1H3,(H,18,19)(H2,16,17,20)/t12-,13+/m1/s1. The normalized spacial score (nSPS) is 21.6. The Morgan fingerprint density at radius 3 is 2.45 bits per heavy atom.